The summed E-state index contributed by atoms with van der Waals surface area (Å²) in [6, 6.07) is 12.1. The minimum atomic E-state index is -3.77. The Kier molecular flexibility index (Phi) is 4.78. The van der Waals surface area contributed by atoms with Crippen LogP contribution in [0.4, 0.5) is 0 Å². The summed E-state index contributed by atoms with van der Waals surface area (Å²) in [5, 5.41) is 2.82. The Hall–Kier alpha value is -2.18. The molecule has 2 aromatic rings. The molecule has 1 unspecified atom stereocenters. The molecule has 0 bridgehead atoms. The Morgan fingerprint density at radius 3 is 2.56 bits per heavy atom. The third kappa shape index (κ3) is 3.28. The normalized spacial score (nSPS) is 20.8. The van der Waals surface area contributed by atoms with Gasteiger partial charge in [0.15, 0.2) is 0 Å². The molecule has 2 aromatic carbocycles. The minimum absolute atomic E-state index is 0.267. The van der Waals surface area contributed by atoms with Crippen LogP contribution in [-0.2, 0) is 27.7 Å². The molecule has 6 heteroatoms. The van der Waals surface area contributed by atoms with E-state index in [0.717, 1.165) is 42.4 Å². The molecule has 1 atom stereocenters. The van der Waals surface area contributed by atoms with Crippen LogP contribution in [0.1, 0.15) is 41.1 Å². The van der Waals surface area contributed by atoms with E-state index in [1.165, 1.54) is 9.87 Å². The van der Waals surface area contributed by atoms with Crippen molar-refractivity contribution < 1.29 is 13.2 Å². The van der Waals surface area contributed by atoms with Gasteiger partial charge in [0.1, 0.15) is 6.04 Å². The first-order chi connectivity index (χ1) is 13.0. The zero-order valence-electron chi connectivity index (χ0n) is 15.4. The lowest BCUT2D eigenvalue weighted by Crippen LogP contribution is -2.52. The molecule has 5 nitrogen and oxygen atoms in total. The maximum atomic E-state index is 13.5. The van der Waals surface area contributed by atoms with Gasteiger partial charge >= 0.3 is 0 Å². The number of amides is 1. The van der Waals surface area contributed by atoms with Crippen molar-refractivity contribution in [2.45, 2.75) is 43.5 Å². The van der Waals surface area contributed by atoms with E-state index >= 15 is 0 Å². The van der Waals surface area contributed by atoms with Gasteiger partial charge in [0.2, 0.25) is 15.9 Å². The van der Waals surface area contributed by atoms with Gasteiger partial charge in [-0.2, -0.15) is 4.31 Å². The fraction of sp³-hybridized carbons (Fsp3) is 0.381. The summed E-state index contributed by atoms with van der Waals surface area (Å²) in [7, 11) is -3.77. The van der Waals surface area contributed by atoms with Crippen LogP contribution in [0.5, 0.6) is 0 Å². The third-order valence-electron chi connectivity index (χ3n) is 5.58. The molecule has 1 aliphatic carbocycles. The lowest BCUT2D eigenvalue weighted by atomic mass is 9.92. The van der Waals surface area contributed by atoms with E-state index in [9.17, 15) is 13.2 Å². The number of nitrogens with zero attached hydrogens (tertiary/aromatic N) is 1. The number of carbonyl (C=O) groups excluding carboxylic acids is 1. The quantitative estimate of drug-likeness (QED) is 0.885. The third-order valence-corrected chi connectivity index (χ3v) is 7.44. The number of sulfonamides is 1. The number of hydrogen-bond acceptors (Lipinski definition) is 3. The Labute approximate surface area is 160 Å². The van der Waals surface area contributed by atoms with Gasteiger partial charge in [0.05, 0.1) is 4.90 Å². The number of nitrogens with one attached hydrogen (secondary N) is 1. The van der Waals surface area contributed by atoms with Gasteiger partial charge in [-0.1, -0.05) is 30.3 Å². The zero-order chi connectivity index (χ0) is 19.0. The Morgan fingerprint density at radius 2 is 1.78 bits per heavy atom. The first-order valence-electron chi connectivity index (χ1n) is 9.45. The van der Waals surface area contributed by atoms with E-state index in [4.69, 9.17) is 0 Å². The van der Waals surface area contributed by atoms with Gasteiger partial charge in [-0.25, -0.2) is 8.42 Å². The van der Waals surface area contributed by atoms with Gasteiger partial charge in [0, 0.05) is 13.1 Å². The predicted octanol–water partition coefficient (Wildman–Crippen LogP) is 2.74. The number of piperazine rings is 1. The molecule has 1 fully saturated rings. The van der Waals surface area contributed by atoms with Crippen LogP contribution in [0.25, 0.3) is 0 Å². The summed E-state index contributed by atoms with van der Waals surface area (Å²) in [5.74, 6) is -0.267. The van der Waals surface area contributed by atoms with Gasteiger partial charge in [0.25, 0.3) is 0 Å². The number of aryl methyl sites for hydroxylation is 3. The molecule has 0 spiro atoms. The van der Waals surface area contributed by atoms with Crippen LogP contribution >= 0.6 is 0 Å². The van der Waals surface area contributed by atoms with Gasteiger partial charge in [-0.15, -0.1) is 0 Å². The van der Waals surface area contributed by atoms with Crippen molar-refractivity contribution >= 4 is 15.9 Å². The smallest absolute Gasteiger partial charge is 0.244 e. The Morgan fingerprint density at radius 1 is 1.04 bits per heavy atom. The summed E-state index contributed by atoms with van der Waals surface area (Å²) in [6.45, 7) is 2.50. The second kappa shape index (κ2) is 7.09. The van der Waals surface area contributed by atoms with E-state index in [1.807, 2.05) is 43.3 Å². The van der Waals surface area contributed by atoms with Crippen molar-refractivity contribution in [3.05, 3.63) is 64.7 Å². The summed E-state index contributed by atoms with van der Waals surface area (Å²) >= 11 is 0. The van der Waals surface area contributed by atoms with Crippen LogP contribution < -0.4 is 5.32 Å². The number of carbonyl (C=O) groups is 1. The van der Waals surface area contributed by atoms with Crippen LogP contribution in [0.3, 0.4) is 0 Å². The second-order valence-electron chi connectivity index (χ2n) is 7.30. The molecule has 4 rings (SSSR count). The van der Waals surface area contributed by atoms with Gasteiger partial charge < -0.3 is 5.32 Å². The molecule has 1 heterocycles. The molecular formula is C21H24N2O3S. The molecule has 1 N–H and O–H groups in total. The molecule has 1 aliphatic heterocycles. The monoisotopic (exact) mass is 384 g/mol. The second-order valence-corrected chi connectivity index (χ2v) is 9.19. The highest BCUT2D eigenvalue weighted by Crippen LogP contribution is 2.33. The minimum Gasteiger partial charge on any atom is -0.353 e. The first kappa shape index (κ1) is 18.2. The van der Waals surface area contributed by atoms with Gasteiger partial charge in [-0.3, -0.25) is 4.79 Å². The van der Waals surface area contributed by atoms with E-state index in [1.54, 1.807) is 6.07 Å². The molecule has 0 saturated carbocycles. The number of benzene rings is 2. The average molecular weight is 385 g/mol. The number of fused-ring (bicyclic) bond motifs is 1. The standard InChI is InChI=1S/C21H24N2O3S/c1-15-6-2-5-9-19(15)20-21(24)22-12-13-23(20)27(25,26)18-11-10-16-7-3-4-8-17(16)14-18/h2,5-6,9-11,14,20H,3-4,7-8,12-13H2,1H3,(H,22,24). The van der Waals surface area contributed by atoms with Crippen molar-refractivity contribution in [1.29, 1.82) is 0 Å². The SMILES string of the molecule is Cc1ccccc1C1C(=O)NCCN1S(=O)(=O)c1ccc2c(c1)CCCC2. The van der Waals surface area contributed by atoms with Crippen molar-refractivity contribution in [2.75, 3.05) is 13.1 Å². The largest absolute Gasteiger partial charge is 0.353 e. The summed E-state index contributed by atoms with van der Waals surface area (Å²) in [6.07, 6.45) is 4.17. The molecule has 0 radical (unpaired) electrons. The maximum Gasteiger partial charge on any atom is 0.244 e. The topological polar surface area (TPSA) is 66.5 Å². The van der Waals surface area contributed by atoms with E-state index < -0.39 is 16.1 Å². The van der Waals surface area contributed by atoms with E-state index in [-0.39, 0.29) is 17.3 Å². The number of hydrogen-bond donors (Lipinski definition) is 1. The highest BCUT2D eigenvalue weighted by molar-refractivity contribution is 7.89. The summed E-state index contributed by atoms with van der Waals surface area (Å²) in [4.78, 5) is 12.9. The van der Waals surface area contributed by atoms with Crippen molar-refractivity contribution in [3.8, 4) is 0 Å². The fourth-order valence-corrected chi connectivity index (χ4v) is 5.72. The first-order valence-corrected chi connectivity index (χ1v) is 10.9. The molecule has 142 valence electrons. The lowest BCUT2D eigenvalue weighted by molar-refractivity contribution is -0.126. The van der Waals surface area contributed by atoms with Crippen LogP contribution in [0, 0.1) is 6.92 Å². The van der Waals surface area contributed by atoms with Crippen LogP contribution in [0.15, 0.2) is 47.4 Å². The fourth-order valence-electron chi connectivity index (χ4n) is 4.10. The van der Waals surface area contributed by atoms with Gasteiger partial charge in [-0.05, 0) is 67.0 Å². The van der Waals surface area contributed by atoms with Crippen molar-refractivity contribution in [1.82, 2.24) is 9.62 Å². The summed E-state index contributed by atoms with van der Waals surface area (Å²) < 4.78 is 28.3. The highest BCUT2D eigenvalue weighted by atomic mass is 32.2. The average Bonchev–Trinajstić information content (AvgIpc) is 2.68. The predicted molar refractivity (Wildman–Crippen MR) is 104 cm³/mol. The van der Waals surface area contributed by atoms with Crippen molar-refractivity contribution in [2.24, 2.45) is 0 Å². The van der Waals surface area contributed by atoms with Crippen molar-refractivity contribution in [3.63, 3.8) is 0 Å². The molecule has 1 amide bonds. The van der Waals surface area contributed by atoms with E-state index in [2.05, 4.69) is 5.32 Å². The lowest BCUT2D eigenvalue weighted by Gasteiger charge is -2.35. The number of rotatable bonds is 3. The molecule has 0 aromatic heterocycles. The van der Waals surface area contributed by atoms with E-state index in [0.29, 0.717) is 6.54 Å². The zero-order valence-corrected chi connectivity index (χ0v) is 16.3. The molecule has 2 aliphatic rings. The highest BCUT2D eigenvalue weighted by Gasteiger charge is 2.40. The van der Waals surface area contributed by atoms with Crippen LogP contribution in [-0.4, -0.2) is 31.7 Å². The molecule has 1 saturated heterocycles. The van der Waals surface area contributed by atoms with Crippen LogP contribution in [0.2, 0.25) is 0 Å². The Bertz CT molecular complexity index is 985. The molecular weight excluding hydrogens is 360 g/mol. The Balaban J connectivity index is 1.77. The molecule has 27 heavy (non-hydrogen) atoms. The maximum absolute atomic E-state index is 13.5. The summed E-state index contributed by atoms with van der Waals surface area (Å²) in [5.41, 5.74) is 4.00.